The number of aldehydes is 1. The summed E-state index contributed by atoms with van der Waals surface area (Å²) in [5, 5.41) is 12.1. The molecule has 0 heterocycles. The summed E-state index contributed by atoms with van der Waals surface area (Å²) in [4.78, 5) is 10.00. The van der Waals surface area contributed by atoms with Crippen LogP contribution in [0.3, 0.4) is 0 Å². The Balaban J connectivity index is 0. The van der Waals surface area contributed by atoms with Gasteiger partial charge < -0.3 is 15.2 Å². The molecule has 0 saturated heterocycles. The van der Waals surface area contributed by atoms with Gasteiger partial charge in [-0.05, 0) is 61.1 Å². The molecule has 0 amide bonds. The standard InChI is InChI=1S/C17H29N.C9H10O2.2C2H6/c1-4-6-7-11-16(9-5-2)17-12-8-10-15(13-17)14-18-3;10-7-1-2-8-3-5-9(11)6-4-8;2*1-2/h8,10,12-13,16,18H,4-7,9,11,14H2,1-3H3;3-7,11H,1-2H2;2*1-2H3. The number of carbonyl (C=O) groups excluding carboxylic acids is 1. The van der Waals surface area contributed by atoms with Crippen molar-refractivity contribution in [3.8, 4) is 5.75 Å². The Morgan fingerprint density at radius 2 is 1.55 bits per heavy atom. The zero-order chi connectivity index (χ0) is 25.3. The zero-order valence-electron chi connectivity index (χ0n) is 22.5. The molecule has 0 bridgehead atoms. The van der Waals surface area contributed by atoms with Gasteiger partial charge in [0.05, 0.1) is 0 Å². The van der Waals surface area contributed by atoms with Crippen molar-refractivity contribution < 1.29 is 9.90 Å². The number of aromatic hydroxyl groups is 1. The fraction of sp³-hybridized carbons (Fsp3) is 0.567. The SMILES string of the molecule is CC.CC.CCCCCC(CCC)c1cccc(CNC)c1.O=CCCc1ccc(O)cc1. The topological polar surface area (TPSA) is 49.3 Å². The molecule has 0 aliphatic rings. The van der Waals surface area contributed by atoms with Gasteiger partial charge in [-0.3, -0.25) is 0 Å². The quantitative estimate of drug-likeness (QED) is 0.248. The van der Waals surface area contributed by atoms with E-state index in [1.54, 1.807) is 17.7 Å². The van der Waals surface area contributed by atoms with Crippen LogP contribution in [0.2, 0.25) is 0 Å². The summed E-state index contributed by atoms with van der Waals surface area (Å²) in [6.07, 6.45) is 10.2. The minimum atomic E-state index is 0.264. The summed E-state index contributed by atoms with van der Waals surface area (Å²) in [5.41, 5.74) is 4.03. The second-order valence-corrected chi connectivity index (χ2v) is 7.63. The smallest absolute Gasteiger partial charge is 0.120 e. The van der Waals surface area contributed by atoms with Crippen molar-refractivity contribution in [2.75, 3.05) is 7.05 Å². The molecule has 3 heteroatoms. The van der Waals surface area contributed by atoms with Crippen LogP contribution in [0.15, 0.2) is 48.5 Å². The summed E-state index contributed by atoms with van der Waals surface area (Å²) in [5.74, 6) is 1.03. The number of unbranched alkanes of at least 4 members (excludes halogenated alkanes) is 2. The lowest BCUT2D eigenvalue weighted by Crippen LogP contribution is -2.06. The Morgan fingerprint density at radius 1 is 0.879 bits per heavy atom. The van der Waals surface area contributed by atoms with E-state index in [2.05, 4.69) is 43.4 Å². The maximum atomic E-state index is 10.00. The lowest BCUT2D eigenvalue weighted by Gasteiger charge is -2.17. The number of nitrogens with one attached hydrogen (secondary N) is 1. The van der Waals surface area contributed by atoms with Gasteiger partial charge in [-0.25, -0.2) is 0 Å². The van der Waals surface area contributed by atoms with Crippen molar-refractivity contribution in [3.63, 3.8) is 0 Å². The molecule has 1 unspecified atom stereocenters. The van der Waals surface area contributed by atoms with Crippen molar-refractivity contribution in [3.05, 3.63) is 65.2 Å². The molecular formula is C30H51NO2. The number of rotatable bonds is 12. The van der Waals surface area contributed by atoms with E-state index in [0.29, 0.717) is 6.42 Å². The molecule has 188 valence electrons. The van der Waals surface area contributed by atoms with Crippen molar-refractivity contribution in [1.29, 1.82) is 0 Å². The normalized spacial score (nSPS) is 10.4. The van der Waals surface area contributed by atoms with E-state index < -0.39 is 0 Å². The Labute approximate surface area is 205 Å². The summed E-state index contributed by atoms with van der Waals surface area (Å²) >= 11 is 0. The first-order valence-electron chi connectivity index (χ1n) is 13.1. The maximum absolute atomic E-state index is 10.00. The number of phenolic OH excluding ortho intramolecular Hbond substituents is 1. The molecule has 0 spiro atoms. The number of aryl methyl sites for hydroxylation is 1. The first-order valence-corrected chi connectivity index (χ1v) is 13.1. The third-order valence-corrected chi connectivity index (χ3v) is 5.08. The van der Waals surface area contributed by atoms with E-state index in [1.165, 1.54) is 44.1 Å². The van der Waals surface area contributed by atoms with E-state index in [4.69, 9.17) is 5.11 Å². The first kappa shape index (κ1) is 33.0. The van der Waals surface area contributed by atoms with Gasteiger partial charge in [0.15, 0.2) is 0 Å². The van der Waals surface area contributed by atoms with Gasteiger partial charge in [0.2, 0.25) is 0 Å². The third kappa shape index (κ3) is 17.1. The van der Waals surface area contributed by atoms with Crippen LogP contribution in [0.25, 0.3) is 0 Å². The van der Waals surface area contributed by atoms with E-state index in [-0.39, 0.29) is 5.75 Å². The Bertz CT molecular complexity index is 667. The Morgan fingerprint density at radius 3 is 2.09 bits per heavy atom. The molecule has 0 radical (unpaired) electrons. The van der Waals surface area contributed by atoms with Crippen LogP contribution >= 0.6 is 0 Å². The van der Waals surface area contributed by atoms with Crippen LogP contribution in [0.5, 0.6) is 5.75 Å². The van der Waals surface area contributed by atoms with Gasteiger partial charge in [-0.15, -0.1) is 0 Å². The van der Waals surface area contributed by atoms with Crippen LogP contribution in [-0.2, 0) is 17.8 Å². The highest BCUT2D eigenvalue weighted by Crippen LogP contribution is 2.27. The Hall–Kier alpha value is -2.13. The van der Waals surface area contributed by atoms with Gasteiger partial charge in [0.25, 0.3) is 0 Å². The van der Waals surface area contributed by atoms with Crippen LogP contribution in [0, 0.1) is 0 Å². The summed E-state index contributed by atoms with van der Waals surface area (Å²) in [6, 6.07) is 16.0. The molecule has 0 aromatic heterocycles. The minimum absolute atomic E-state index is 0.264. The van der Waals surface area contributed by atoms with Gasteiger partial charge >= 0.3 is 0 Å². The average Bonchev–Trinajstić information content (AvgIpc) is 2.86. The molecule has 1 atom stereocenters. The molecule has 3 nitrogen and oxygen atoms in total. The third-order valence-electron chi connectivity index (χ3n) is 5.08. The van der Waals surface area contributed by atoms with Crippen LogP contribution in [-0.4, -0.2) is 18.4 Å². The molecule has 0 fully saturated rings. The molecule has 0 aliphatic heterocycles. The van der Waals surface area contributed by atoms with E-state index in [1.807, 2.05) is 46.9 Å². The van der Waals surface area contributed by atoms with Gasteiger partial charge in [0, 0.05) is 13.0 Å². The molecule has 33 heavy (non-hydrogen) atoms. The fourth-order valence-corrected chi connectivity index (χ4v) is 3.52. The Kier molecular flexibility index (Phi) is 24.5. The molecular weight excluding hydrogens is 406 g/mol. The fourth-order valence-electron chi connectivity index (χ4n) is 3.52. The maximum Gasteiger partial charge on any atom is 0.120 e. The molecule has 2 N–H and O–H groups in total. The molecule has 0 aliphatic carbocycles. The van der Waals surface area contributed by atoms with E-state index in [0.717, 1.165) is 30.7 Å². The van der Waals surface area contributed by atoms with Crippen molar-refractivity contribution >= 4 is 6.29 Å². The highest BCUT2D eigenvalue weighted by Gasteiger charge is 2.10. The van der Waals surface area contributed by atoms with Gasteiger partial charge in [-0.2, -0.15) is 0 Å². The number of benzene rings is 2. The molecule has 2 rings (SSSR count). The minimum Gasteiger partial charge on any atom is -0.508 e. The predicted molar refractivity (Wildman–Crippen MR) is 146 cm³/mol. The van der Waals surface area contributed by atoms with Crippen molar-refractivity contribution in [1.82, 2.24) is 5.32 Å². The monoisotopic (exact) mass is 457 g/mol. The summed E-state index contributed by atoms with van der Waals surface area (Å²) < 4.78 is 0. The lowest BCUT2D eigenvalue weighted by atomic mass is 9.88. The molecule has 2 aromatic carbocycles. The number of hydrogen-bond donors (Lipinski definition) is 2. The largest absolute Gasteiger partial charge is 0.508 e. The molecule has 0 saturated carbocycles. The molecule has 2 aromatic rings. The van der Waals surface area contributed by atoms with Crippen molar-refractivity contribution in [2.24, 2.45) is 0 Å². The van der Waals surface area contributed by atoms with Gasteiger partial charge in [0.1, 0.15) is 12.0 Å². The van der Waals surface area contributed by atoms with Crippen LogP contribution < -0.4 is 5.32 Å². The number of hydrogen-bond acceptors (Lipinski definition) is 3. The highest BCUT2D eigenvalue weighted by molar-refractivity contribution is 5.50. The highest BCUT2D eigenvalue weighted by atomic mass is 16.3. The number of carbonyl (C=O) groups is 1. The number of phenols is 1. The lowest BCUT2D eigenvalue weighted by molar-refractivity contribution is -0.107. The van der Waals surface area contributed by atoms with Crippen LogP contribution in [0.4, 0.5) is 0 Å². The summed E-state index contributed by atoms with van der Waals surface area (Å²) in [6.45, 7) is 13.5. The predicted octanol–water partition coefficient (Wildman–Crippen LogP) is 8.45. The van der Waals surface area contributed by atoms with Gasteiger partial charge in [-0.1, -0.05) is 104 Å². The van der Waals surface area contributed by atoms with Crippen LogP contribution in [0.1, 0.15) is 109 Å². The first-order chi connectivity index (χ1) is 16.1. The summed E-state index contributed by atoms with van der Waals surface area (Å²) in [7, 11) is 2.01. The van der Waals surface area contributed by atoms with Crippen molar-refractivity contribution in [2.45, 2.75) is 105 Å². The second kappa shape index (κ2) is 24.5. The van der Waals surface area contributed by atoms with E-state index >= 15 is 0 Å². The second-order valence-electron chi connectivity index (χ2n) is 7.63. The average molecular weight is 458 g/mol. The van der Waals surface area contributed by atoms with E-state index in [9.17, 15) is 4.79 Å². The zero-order valence-corrected chi connectivity index (χ0v) is 22.5.